The van der Waals surface area contributed by atoms with Crippen LogP contribution in [0.25, 0.3) is 70.8 Å². The van der Waals surface area contributed by atoms with Crippen molar-refractivity contribution in [1.82, 2.24) is 4.40 Å². The van der Waals surface area contributed by atoms with Gasteiger partial charge in [-0.05, 0) is 200 Å². The average molecular weight is 958 g/mol. The molecular formula is C68H61F2N3. The Labute approximate surface area is 427 Å². The van der Waals surface area contributed by atoms with Gasteiger partial charge in [0.05, 0.1) is 16.6 Å². The summed E-state index contributed by atoms with van der Waals surface area (Å²) in [5.74, 6) is 0.275. The number of halogens is 2. The summed E-state index contributed by atoms with van der Waals surface area (Å²) in [4.78, 5) is 4.42. The Balaban J connectivity index is 0.00000284. The highest BCUT2D eigenvalue weighted by Crippen LogP contribution is 2.46. The molecule has 362 valence electrons. The van der Waals surface area contributed by atoms with E-state index in [1.165, 1.54) is 79.1 Å². The number of rotatable bonds is 9. The van der Waals surface area contributed by atoms with E-state index in [2.05, 4.69) is 208 Å². The van der Waals surface area contributed by atoms with Gasteiger partial charge >= 0.3 is 0 Å². The molecule has 73 heavy (non-hydrogen) atoms. The van der Waals surface area contributed by atoms with Gasteiger partial charge in [0.15, 0.2) is 0 Å². The van der Waals surface area contributed by atoms with Crippen molar-refractivity contribution in [3.05, 3.63) is 222 Å². The predicted molar refractivity (Wildman–Crippen MR) is 309 cm³/mol. The van der Waals surface area contributed by atoms with Crippen LogP contribution in [0, 0.1) is 11.6 Å². The van der Waals surface area contributed by atoms with Crippen molar-refractivity contribution in [1.29, 1.82) is 0 Å². The van der Waals surface area contributed by atoms with Crippen LogP contribution in [0.5, 0.6) is 0 Å². The fourth-order valence-corrected chi connectivity index (χ4v) is 10.7. The van der Waals surface area contributed by atoms with Crippen LogP contribution >= 0.6 is 0 Å². The second kappa shape index (κ2) is 18.5. The zero-order valence-electron chi connectivity index (χ0n) is 43.2. The lowest BCUT2D eigenvalue weighted by atomic mass is 9.86. The maximum Gasteiger partial charge on any atom is 0.123 e. The van der Waals surface area contributed by atoms with E-state index < -0.39 is 0 Å². The van der Waals surface area contributed by atoms with Gasteiger partial charge in [-0.15, -0.1) is 0 Å². The molecule has 0 amide bonds. The monoisotopic (exact) mass is 957 g/mol. The average Bonchev–Trinajstić information content (AvgIpc) is 3.91. The molecule has 2 heterocycles. The number of hydrogen-bond acceptors (Lipinski definition) is 2. The molecule has 0 saturated carbocycles. The molecule has 12 rings (SSSR count). The highest BCUT2D eigenvalue weighted by atomic mass is 19.1. The first kappa shape index (κ1) is 47.3. The molecule has 5 heteroatoms. The number of aromatic nitrogens is 1. The van der Waals surface area contributed by atoms with Gasteiger partial charge in [-0.2, -0.15) is 0 Å². The van der Waals surface area contributed by atoms with Gasteiger partial charge in [0, 0.05) is 55.7 Å². The Morgan fingerprint density at radius 3 is 1.11 bits per heavy atom. The summed E-state index contributed by atoms with van der Waals surface area (Å²) >= 11 is 0. The lowest BCUT2D eigenvalue weighted by Gasteiger charge is -2.26. The van der Waals surface area contributed by atoms with Gasteiger partial charge in [0.25, 0.3) is 0 Å². The fraction of sp³-hybridized carbons (Fsp3) is 0.176. The van der Waals surface area contributed by atoms with Crippen LogP contribution in [0.3, 0.4) is 0 Å². The molecule has 10 aromatic carbocycles. The topological polar surface area (TPSA) is 10.9 Å². The highest BCUT2D eigenvalue weighted by Gasteiger charge is 2.23. The van der Waals surface area contributed by atoms with Crippen molar-refractivity contribution in [2.75, 3.05) is 9.80 Å². The van der Waals surface area contributed by atoms with Crippen LogP contribution in [0.4, 0.5) is 42.9 Å². The highest BCUT2D eigenvalue weighted by molar-refractivity contribution is 6.27. The van der Waals surface area contributed by atoms with Crippen molar-refractivity contribution in [2.45, 2.75) is 79.6 Å². The molecule has 0 bridgehead atoms. The third-order valence-electron chi connectivity index (χ3n) is 14.7. The first-order valence-electron chi connectivity index (χ1n) is 25.8. The Morgan fingerprint density at radius 2 is 0.740 bits per heavy atom. The van der Waals surface area contributed by atoms with Crippen LogP contribution in [-0.2, 0) is 5.41 Å². The molecule has 0 aliphatic carbocycles. The van der Waals surface area contributed by atoms with Gasteiger partial charge < -0.3 is 14.2 Å². The molecule has 2 aromatic heterocycles. The molecule has 0 aliphatic rings. The van der Waals surface area contributed by atoms with E-state index in [9.17, 15) is 8.78 Å². The molecule has 12 aromatic rings. The first-order valence-corrected chi connectivity index (χ1v) is 25.8. The summed E-state index contributed by atoms with van der Waals surface area (Å²) in [7, 11) is 0. The quantitative estimate of drug-likeness (QED) is 0.143. The van der Waals surface area contributed by atoms with Crippen LogP contribution < -0.4 is 9.80 Å². The van der Waals surface area contributed by atoms with Gasteiger partial charge in [-0.3, -0.25) is 0 Å². The van der Waals surface area contributed by atoms with Crippen molar-refractivity contribution >= 4 is 93.8 Å². The lowest BCUT2D eigenvalue weighted by Crippen LogP contribution is -2.10. The van der Waals surface area contributed by atoms with E-state index >= 15 is 0 Å². The van der Waals surface area contributed by atoms with Gasteiger partial charge in [-0.1, -0.05) is 123 Å². The second-order valence-electron chi connectivity index (χ2n) is 21.0. The minimum absolute atomic E-state index is 0.0492. The summed E-state index contributed by atoms with van der Waals surface area (Å²) in [5.41, 5.74) is 15.5. The number of anilines is 6. The Morgan fingerprint density at radius 1 is 0.370 bits per heavy atom. The standard InChI is InChI=1S/C66H55F2N3.C2H6/c1-40(2)42-10-22-53(23-11-42)69(55-28-18-51(67)19-29-55)57-26-14-45-34-59-61-36-49(44-8-16-50(17-9-44)66(5,6)7)37-62-60-35-46-15-27-58(33-48(46)39-64(60)71(65(61)62)63(59)38-47(45)32-57)70(56-30-20-52(68)21-31-56)54-24-12-43(13-25-54)41(3)4;1-2/h8-41H,1-7H3;1-2H3. The van der Waals surface area contributed by atoms with E-state index in [-0.39, 0.29) is 17.0 Å². The molecule has 0 fully saturated rings. The van der Waals surface area contributed by atoms with Crippen LogP contribution in [0.15, 0.2) is 194 Å². The number of fused-ring (bicyclic) bond motifs is 8. The summed E-state index contributed by atoms with van der Waals surface area (Å²) in [6.45, 7) is 19.6. The molecule has 0 atom stereocenters. The van der Waals surface area contributed by atoms with E-state index in [0.29, 0.717) is 11.8 Å². The van der Waals surface area contributed by atoms with Crippen molar-refractivity contribution in [3.63, 3.8) is 0 Å². The van der Waals surface area contributed by atoms with E-state index in [1.807, 2.05) is 38.1 Å². The van der Waals surface area contributed by atoms with Crippen LogP contribution in [0.2, 0.25) is 0 Å². The summed E-state index contributed by atoms with van der Waals surface area (Å²) in [6.07, 6.45) is 0. The van der Waals surface area contributed by atoms with Gasteiger partial charge in [-0.25, -0.2) is 8.78 Å². The largest absolute Gasteiger partial charge is 0.310 e. The Hall–Kier alpha value is -8.02. The molecule has 0 radical (unpaired) electrons. The summed E-state index contributed by atoms with van der Waals surface area (Å²) in [5, 5.41) is 9.31. The third kappa shape index (κ3) is 8.51. The van der Waals surface area contributed by atoms with E-state index in [1.54, 1.807) is 0 Å². The second-order valence-corrected chi connectivity index (χ2v) is 21.0. The predicted octanol–water partition coefficient (Wildman–Crippen LogP) is 20.6. The Bertz CT molecular complexity index is 3730. The molecule has 0 saturated heterocycles. The zero-order chi connectivity index (χ0) is 50.9. The number of benzene rings is 10. The fourth-order valence-electron chi connectivity index (χ4n) is 10.7. The van der Waals surface area contributed by atoms with Gasteiger partial charge in [0.2, 0.25) is 0 Å². The van der Waals surface area contributed by atoms with Crippen molar-refractivity contribution < 1.29 is 8.78 Å². The third-order valence-corrected chi connectivity index (χ3v) is 14.7. The molecule has 0 N–H and O–H groups in total. The molecule has 0 unspecified atom stereocenters. The molecule has 0 spiro atoms. The minimum atomic E-state index is -0.265. The Kier molecular flexibility index (Phi) is 12.0. The smallest absolute Gasteiger partial charge is 0.123 e. The van der Waals surface area contributed by atoms with Crippen LogP contribution in [-0.4, -0.2) is 4.40 Å². The zero-order valence-corrected chi connectivity index (χ0v) is 43.2. The summed E-state index contributed by atoms with van der Waals surface area (Å²) in [6, 6.07) is 67.6. The van der Waals surface area contributed by atoms with Crippen molar-refractivity contribution in [3.8, 4) is 11.1 Å². The maximum atomic E-state index is 14.4. The normalized spacial score (nSPS) is 12.0. The van der Waals surface area contributed by atoms with Crippen molar-refractivity contribution in [2.24, 2.45) is 0 Å². The van der Waals surface area contributed by atoms with Crippen LogP contribution in [0.1, 0.15) is 90.8 Å². The maximum absolute atomic E-state index is 14.4. The van der Waals surface area contributed by atoms with E-state index in [0.717, 1.165) is 66.7 Å². The summed E-state index contributed by atoms with van der Waals surface area (Å²) < 4.78 is 31.3. The minimum Gasteiger partial charge on any atom is -0.310 e. The van der Waals surface area contributed by atoms with Gasteiger partial charge in [0.1, 0.15) is 11.6 Å². The SMILES string of the molecule is CC.CC(C)c1ccc(N(c2ccc(F)cc2)c2ccc3cc4c5cc(-c6ccc(C(C)(C)C)cc6)cc6c7cc8ccc(N(c9ccc(F)cc9)c9ccc(C(C)C)cc9)cc8cc7n(c4cc3c2)c56)cc1. The van der Waals surface area contributed by atoms with E-state index in [4.69, 9.17) is 0 Å². The lowest BCUT2D eigenvalue weighted by molar-refractivity contribution is 0.590. The number of nitrogens with zero attached hydrogens (tertiary/aromatic N) is 3. The first-order chi connectivity index (χ1) is 35.2. The number of hydrogen-bond donors (Lipinski definition) is 0. The molecule has 3 nitrogen and oxygen atoms in total. The molecule has 0 aliphatic heterocycles. The molecular weight excluding hydrogens is 897 g/mol.